The quantitative estimate of drug-likeness (QED) is 0.382. The minimum atomic E-state index is -4.33. The minimum Gasteiger partial charge on any atom is -0.436 e. The van der Waals surface area contributed by atoms with Gasteiger partial charge in [0.1, 0.15) is 5.56 Å². The summed E-state index contributed by atoms with van der Waals surface area (Å²) in [6, 6.07) is 16.1. The van der Waals surface area contributed by atoms with Crippen LogP contribution in [0.3, 0.4) is 0 Å². The van der Waals surface area contributed by atoms with Gasteiger partial charge in [-0.3, -0.25) is 0 Å². The number of oxazole rings is 1. The number of rotatable bonds is 4. The summed E-state index contributed by atoms with van der Waals surface area (Å²) in [6.07, 6.45) is 0.990. The smallest absolute Gasteiger partial charge is 0.416 e. The fourth-order valence-corrected chi connectivity index (χ4v) is 3.04. The van der Waals surface area contributed by atoms with Crippen LogP contribution in [0.2, 0.25) is 5.02 Å². The first-order valence-electron chi connectivity index (χ1n) is 8.76. The van der Waals surface area contributed by atoms with Crippen molar-refractivity contribution >= 4 is 11.6 Å². The average Bonchev–Trinajstić information content (AvgIpc) is 3.19. The Kier molecular flexibility index (Phi) is 5.11. The van der Waals surface area contributed by atoms with Crippen molar-refractivity contribution < 1.29 is 22.2 Å². The Morgan fingerprint density at radius 1 is 0.931 bits per heavy atom. The molecule has 0 aliphatic carbocycles. The van der Waals surface area contributed by atoms with Crippen LogP contribution >= 0.6 is 11.6 Å². The van der Waals surface area contributed by atoms with Gasteiger partial charge in [0, 0.05) is 22.2 Å². The molecule has 0 saturated heterocycles. The second-order valence-electron chi connectivity index (χ2n) is 6.50. The molecule has 0 aliphatic rings. The normalized spacial score (nSPS) is 11.6. The molecule has 0 unspecified atom stereocenters. The summed E-state index contributed by atoms with van der Waals surface area (Å²) in [5.74, 6) is 1.08. The molecule has 3 nitrogen and oxygen atoms in total. The van der Waals surface area contributed by atoms with Gasteiger partial charge in [0.05, 0.1) is 11.8 Å². The van der Waals surface area contributed by atoms with Gasteiger partial charge < -0.3 is 4.42 Å². The van der Waals surface area contributed by atoms with Gasteiger partial charge in [-0.15, -0.1) is 0 Å². The summed E-state index contributed by atoms with van der Waals surface area (Å²) >= 11 is 5.91. The third-order valence-electron chi connectivity index (χ3n) is 4.39. The molecule has 2 aromatic heterocycles. The first kappa shape index (κ1) is 19.2. The number of aromatic nitrogens is 2. The standard InChI is InChI=1S/C22H15ClF3N2O/c23-19-9-5-16(6-10-19)20-12-27-21(29-20)17-2-1-11-28(14-17)13-15-3-7-18(8-4-15)22(24,25)26/h1-12,14H,13H2/q+1. The monoisotopic (exact) mass is 415 g/mol. The maximum absolute atomic E-state index is 12.7. The van der Waals surface area contributed by atoms with Crippen molar-refractivity contribution in [2.75, 3.05) is 0 Å². The van der Waals surface area contributed by atoms with Crippen LogP contribution in [0.4, 0.5) is 13.2 Å². The van der Waals surface area contributed by atoms with Crippen molar-refractivity contribution in [1.29, 1.82) is 0 Å². The lowest BCUT2D eigenvalue weighted by molar-refractivity contribution is -0.687. The number of benzene rings is 2. The van der Waals surface area contributed by atoms with Gasteiger partial charge in [-0.25, -0.2) is 4.98 Å². The van der Waals surface area contributed by atoms with E-state index in [9.17, 15) is 13.2 Å². The van der Waals surface area contributed by atoms with Crippen LogP contribution in [0.25, 0.3) is 22.8 Å². The SMILES string of the molecule is FC(F)(F)c1ccc(C[n+]2cccc(-c3ncc(-c4ccc(Cl)cc4)o3)c2)cc1. The topological polar surface area (TPSA) is 29.9 Å². The van der Waals surface area contributed by atoms with Gasteiger partial charge in [0.2, 0.25) is 5.89 Å². The Labute approximate surface area is 170 Å². The summed E-state index contributed by atoms with van der Waals surface area (Å²) in [5.41, 5.74) is 1.73. The molecule has 7 heteroatoms. The number of nitrogens with zero attached hydrogens (tertiary/aromatic N) is 2. The van der Waals surface area contributed by atoms with E-state index < -0.39 is 11.7 Å². The van der Waals surface area contributed by atoms with Crippen LogP contribution < -0.4 is 4.57 Å². The van der Waals surface area contributed by atoms with Crippen LogP contribution in [0.1, 0.15) is 11.1 Å². The van der Waals surface area contributed by atoms with Gasteiger partial charge in [-0.1, -0.05) is 23.7 Å². The van der Waals surface area contributed by atoms with Crippen LogP contribution in [0.5, 0.6) is 0 Å². The van der Waals surface area contributed by atoms with Crippen LogP contribution in [-0.2, 0) is 12.7 Å². The fraction of sp³-hybridized carbons (Fsp3) is 0.0909. The number of pyridine rings is 1. The van der Waals surface area contributed by atoms with Crippen LogP contribution in [0.15, 0.2) is 83.7 Å². The Hall–Kier alpha value is -3.12. The predicted molar refractivity (Wildman–Crippen MR) is 103 cm³/mol. The highest BCUT2D eigenvalue weighted by Gasteiger charge is 2.30. The van der Waals surface area contributed by atoms with E-state index in [0.29, 0.717) is 23.2 Å². The van der Waals surface area contributed by atoms with Gasteiger partial charge >= 0.3 is 6.18 Å². The summed E-state index contributed by atoms with van der Waals surface area (Å²) in [7, 11) is 0. The van der Waals surface area contributed by atoms with Crippen molar-refractivity contribution in [3.05, 3.63) is 95.4 Å². The van der Waals surface area contributed by atoms with Crippen LogP contribution in [-0.4, -0.2) is 4.98 Å². The van der Waals surface area contributed by atoms with Crippen molar-refractivity contribution in [2.45, 2.75) is 12.7 Å². The number of hydrogen-bond acceptors (Lipinski definition) is 2. The molecule has 4 rings (SSSR count). The Bertz CT molecular complexity index is 1120. The fourth-order valence-electron chi connectivity index (χ4n) is 2.91. The molecule has 29 heavy (non-hydrogen) atoms. The summed E-state index contributed by atoms with van der Waals surface area (Å²) < 4.78 is 45.8. The maximum Gasteiger partial charge on any atom is 0.416 e. The summed E-state index contributed by atoms with van der Waals surface area (Å²) in [5, 5.41) is 0.640. The van der Waals surface area contributed by atoms with Crippen molar-refractivity contribution in [2.24, 2.45) is 0 Å². The van der Waals surface area contributed by atoms with E-state index in [-0.39, 0.29) is 0 Å². The third kappa shape index (κ3) is 4.49. The molecule has 2 heterocycles. The van der Waals surface area contributed by atoms with E-state index in [0.717, 1.165) is 28.8 Å². The summed E-state index contributed by atoms with van der Waals surface area (Å²) in [6.45, 7) is 0.427. The van der Waals surface area contributed by atoms with Gasteiger partial charge in [-0.2, -0.15) is 17.7 Å². The molecular weight excluding hydrogens is 401 g/mol. The van der Waals surface area contributed by atoms with Gasteiger partial charge in [0.15, 0.2) is 24.7 Å². The molecule has 0 amide bonds. The van der Waals surface area contributed by atoms with E-state index in [1.165, 1.54) is 12.1 Å². The lowest BCUT2D eigenvalue weighted by Crippen LogP contribution is -2.33. The zero-order chi connectivity index (χ0) is 20.4. The highest BCUT2D eigenvalue weighted by Crippen LogP contribution is 2.29. The van der Waals surface area contributed by atoms with Crippen molar-refractivity contribution in [3.8, 4) is 22.8 Å². The molecule has 2 aromatic carbocycles. The summed E-state index contributed by atoms with van der Waals surface area (Å²) in [4.78, 5) is 4.33. The van der Waals surface area contributed by atoms with Crippen molar-refractivity contribution in [1.82, 2.24) is 4.98 Å². The lowest BCUT2D eigenvalue weighted by atomic mass is 10.1. The van der Waals surface area contributed by atoms with E-state index in [1.54, 1.807) is 18.3 Å². The molecule has 0 atom stereocenters. The second-order valence-corrected chi connectivity index (χ2v) is 6.93. The molecule has 0 spiro atoms. The predicted octanol–water partition coefficient (Wildman–Crippen LogP) is 6.02. The molecule has 0 fully saturated rings. The van der Waals surface area contributed by atoms with E-state index in [1.807, 2.05) is 41.2 Å². The Morgan fingerprint density at radius 2 is 1.66 bits per heavy atom. The molecule has 146 valence electrons. The Morgan fingerprint density at radius 3 is 2.34 bits per heavy atom. The minimum absolute atomic E-state index is 0.427. The zero-order valence-electron chi connectivity index (χ0n) is 15.0. The first-order valence-corrected chi connectivity index (χ1v) is 9.14. The van der Waals surface area contributed by atoms with E-state index in [2.05, 4.69) is 4.98 Å². The average molecular weight is 416 g/mol. The highest BCUT2D eigenvalue weighted by molar-refractivity contribution is 6.30. The first-order chi connectivity index (χ1) is 13.9. The Balaban J connectivity index is 1.54. The molecule has 4 aromatic rings. The van der Waals surface area contributed by atoms with E-state index >= 15 is 0 Å². The highest BCUT2D eigenvalue weighted by atomic mass is 35.5. The van der Waals surface area contributed by atoms with Crippen molar-refractivity contribution in [3.63, 3.8) is 0 Å². The largest absolute Gasteiger partial charge is 0.436 e. The number of alkyl halides is 3. The zero-order valence-corrected chi connectivity index (χ0v) is 15.8. The maximum atomic E-state index is 12.7. The molecule has 0 radical (unpaired) electrons. The third-order valence-corrected chi connectivity index (χ3v) is 4.64. The number of hydrogen-bond donors (Lipinski definition) is 0. The lowest BCUT2D eigenvalue weighted by Gasteiger charge is -2.06. The van der Waals surface area contributed by atoms with E-state index in [4.69, 9.17) is 16.0 Å². The van der Waals surface area contributed by atoms with Gasteiger partial charge in [-0.05, 0) is 42.5 Å². The molecule has 0 bridgehead atoms. The second kappa shape index (κ2) is 7.72. The molecular formula is C22H15ClF3N2O+. The molecule has 0 N–H and O–H groups in total. The molecule has 0 saturated carbocycles. The molecule has 0 aliphatic heterocycles. The number of halogens is 4. The van der Waals surface area contributed by atoms with Gasteiger partial charge in [0.25, 0.3) is 0 Å². The van der Waals surface area contributed by atoms with Crippen LogP contribution in [0, 0.1) is 0 Å².